The molecule has 0 radical (unpaired) electrons. The van der Waals surface area contributed by atoms with Gasteiger partial charge in [0.15, 0.2) is 0 Å². The Hall–Kier alpha value is -2.17. The number of aryl methyl sites for hydroxylation is 1. The Morgan fingerprint density at radius 3 is 2.91 bits per heavy atom. The molecule has 5 nitrogen and oxygen atoms in total. The Bertz CT molecular complexity index is 781. The summed E-state index contributed by atoms with van der Waals surface area (Å²) < 4.78 is 1.59. The number of piperidine rings is 1. The Balaban J connectivity index is 2.10. The van der Waals surface area contributed by atoms with Crippen LogP contribution in [0.2, 0.25) is 0 Å². The molecule has 5 heteroatoms. The van der Waals surface area contributed by atoms with Gasteiger partial charge in [-0.2, -0.15) is 0 Å². The van der Waals surface area contributed by atoms with Gasteiger partial charge in [-0.15, -0.1) is 0 Å². The highest BCUT2D eigenvalue weighted by molar-refractivity contribution is 5.97. The van der Waals surface area contributed by atoms with E-state index < -0.39 is 0 Å². The number of carbonyl (C=O) groups excluding carboxylic acids is 1. The Morgan fingerprint density at radius 2 is 2.17 bits per heavy atom. The van der Waals surface area contributed by atoms with Crippen LogP contribution in [-0.4, -0.2) is 32.9 Å². The van der Waals surface area contributed by atoms with Crippen molar-refractivity contribution in [3.63, 3.8) is 0 Å². The maximum Gasteiger partial charge on any atom is 0.265 e. The van der Waals surface area contributed by atoms with Crippen molar-refractivity contribution in [2.24, 2.45) is 0 Å². The minimum absolute atomic E-state index is 0.130. The number of hydrogen-bond acceptors (Lipinski definition) is 3. The van der Waals surface area contributed by atoms with Gasteiger partial charge in [-0.25, -0.2) is 4.98 Å². The van der Waals surface area contributed by atoms with Crippen molar-refractivity contribution in [3.05, 3.63) is 40.3 Å². The zero-order valence-electron chi connectivity index (χ0n) is 13.8. The fraction of sp³-hybridized carbons (Fsp3) is 0.500. The smallest absolute Gasteiger partial charge is 0.265 e. The van der Waals surface area contributed by atoms with Gasteiger partial charge < -0.3 is 4.90 Å². The molecule has 1 saturated heterocycles. The first kappa shape index (κ1) is 15.7. The summed E-state index contributed by atoms with van der Waals surface area (Å²) in [5.41, 5.74) is 0.680. The largest absolute Gasteiger partial charge is 0.336 e. The first-order valence-electron chi connectivity index (χ1n) is 8.46. The third-order valence-electron chi connectivity index (χ3n) is 4.75. The van der Waals surface area contributed by atoms with Gasteiger partial charge in [0.1, 0.15) is 11.2 Å². The lowest BCUT2D eigenvalue weighted by molar-refractivity contribution is 0.0606. The molecule has 1 atom stereocenters. The minimum Gasteiger partial charge on any atom is -0.336 e. The molecule has 1 unspecified atom stereocenters. The molecule has 0 N–H and O–H groups in total. The zero-order valence-corrected chi connectivity index (χ0v) is 13.8. The third-order valence-corrected chi connectivity index (χ3v) is 4.75. The first-order valence-corrected chi connectivity index (χ1v) is 8.46. The van der Waals surface area contributed by atoms with E-state index in [1.54, 1.807) is 16.8 Å². The number of fused-ring (bicyclic) bond motifs is 1. The van der Waals surface area contributed by atoms with E-state index >= 15 is 0 Å². The van der Waals surface area contributed by atoms with E-state index in [1.807, 2.05) is 24.0 Å². The summed E-state index contributed by atoms with van der Waals surface area (Å²) >= 11 is 0. The maximum absolute atomic E-state index is 13.0. The van der Waals surface area contributed by atoms with Gasteiger partial charge in [0.05, 0.1) is 0 Å². The quantitative estimate of drug-likeness (QED) is 0.875. The lowest BCUT2D eigenvalue weighted by Crippen LogP contribution is -2.45. The highest BCUT2D eigenvalue weighted by Gasteiger charge is 2.28. The van der Waals surface area contributed by atoms with E-state index in [2.05, 4.69) is 11.9 Å². The molecule has 2 aromatic heterocycles. The number of pyridine rings is 2. The predicted molar refractivity (Wildman–Crippen MR) is 90.6 cm³/mol. The minimum atomic E-state index is -0.232. The van der Waals surface area contributed by atoms with E-state index in [4.69, 9.17) is 0 Å². The second-order valence-electron chi connectivity index (χ2n) is 6.08. The molecule has 3 heterocycles. The average molecular weight is 313 g/mol. The normalized spacial score (nSPS) is 18.3. The van der Waals surface area contributed by atoms with E-state index in [-0.39, 0.29) is 23.1 Å². The van der Waals surface area contributed by atoms with Crippen molar-refractivity contribution in [1.82, 2.24) is 14.5 Å². The second kappa shape index (κ2) is 6.52. The molecular formula is C18H23N3O2. The molecule has 0 saturated carbocycles. The van der Waals surface area contributed by atoms with Crippen LogP contribution in [0.15, 0.2) is 29.2 Å². The standard InChI is InChI=1S/C18H23N3O2/c1-3-14-9-5-6-11-21(14)18(23)15-12-13-8-7-10-19-16(13)20(4-2)17(15)22/h7-8,10,12,14H,3-6,9,11H2,1-2H3. The van der Waals surface area contributed by atoms with Crippen molar-refractivity contribution < 1.29 is 4.79 Å². The molecule has 1 aliphatic heterocycles. The van der Waals surface area contributed by atoms with Crippen LogP contribution in [0.25, 0.3) is 11.0 Å². The zero-order chi connectivity index (χ0) is 16.4. The molecule has 1 amide bonds. The molecule has 3 rings (SSSR count). The van der Waals surface area contributed by atoms with Gasteiger partial charge in [0.25, 0.3) is 11.5 Å². The van der Waals surface area contributed by atoms with Crippen LogP contribution in [0, 0.1) is 0 Å². The van der Waals surface area contributed by atoms with Gasteiger partial charge in [-0.3, -0.25) is 14.2 Å². The van der Waals surface area contributed by atoms with Gasteiger partial charge in [0.2, 0.25) is 0 Å². The van der Waals surface area contributed by atoms with E-state index in [0.717, 1.165) is 37.6 Å². The predicted octanol–water partition coefficient (Wildman–Crippen LogP) is 2.82. The van der Waals surface area contributed by atoms with Crippen LogP contribution in [0.5, 0.6) is 0 Å². The summed E-state index contributed by atoms with van der Waals surface area (Å²) in [5, 5.41) is 0.836. The molecule has 2 aromatic rings. The molecule has 122 valence electrons. The Kier molecular flexibility index (Phi) is 4.46. The van der Waals surface area contributed by atoms with Crippen LogP contribution in [0.4, 0.5) is 0 Å². The van der Waals surface area contributed by atoms with E-state index in [9.17, 15) is 9.59 Å². The lowest BCUT2D eigenvalue weighted by Gasteiger charge is -2.35. The van der Waals surface area contributed by atoms with Gasteiger partial charge in [-0.1, -0.05) is 6.92 Å². The summed E-state index contributed by atoms with van der Waals surface area (Å²) in [6, 6.07) is 5.69. The number of carbonyl (C=O) groups is 1. The van der Waals surface area contributed by atoms with Crippen LogP contribution in [0.1, 0.15) is 49.9 Å². The Labute approximate surface area is 135 Å². The monoisotopic (exact) mass is 313 g/mol. The molecule has 0 aromatic carbocycles. The fourth-order valence-electron chi connectivity index (χ4n) is 3.50. The van der Waals surface area contributed by atoms with Crippen molar-refractivity contribution in [2.75, 3.05) is 6.54 Å². The number of amides is 1. The fourth-order valence-corrected chi connectivity index (χ4v) is 3.50. The van der Waals surface area contributed by atoms with Gasteiger partial charge in [-0.05, 0) is 50.8 Å². The van der Waals surface area contributed by atoms with Crippen LogP contribution in [0.3, 0.4) is 0 Å². The maximum atomic E-state index is 13.0. The molecule has 1 fully saturated rings. The number of nitrogens with zero attached hydrogens (tertiary/aromatic N) is 3. The van der Waals surface area contributed by atoms with Gasteiger partial charge >= 0.3 is 0 Å². The molecule has 23 heavy (non-hydrogen) atoms. The van der Waals surface area contributed by atoms with Crippen LogP contribution >= 0.6 is 0 Å². The number of likely N-dealkylation sites (tertiary alicyclic amines) is 1. The molecule has 1 aliphatic rings. The highest BCUT2D eigenvalue weighted by atomic mass is 16.2. The second-order valence-corrected chi connectivity index (χ2v) is 6.08. The SMILES string of the molecule is CCC1CCCCN1C(=O)c1cc2cccnc2n(CC)c1=O. The summed E-state index contributed by atoms with van der Waals surface area (Å²) in [7, 11) is 0. The highest BCUT2D eigenvalue weighted by Crippen LogP contribution is 2.22. The summed E-state index contributed by atoms with van der Waals surface area (Å²) in [5.74, 6) is -0.130. The molecule has 0 bridgehead atoms. The lowest BCUT2D eigenvalue weighted by atomic mass is 9.99. The Morgan fingerprint density at radius 1 is 1.35 bits per heavy atom. The van der Waals surface area contributed by atoms with E-state index in [1.165, 1.54) is 0 Å². The van der Waals surface area contributed by atoms with Crippen molar-refractivity contribution in [1.29, 1.82) is 0 Å². The van der Waals surface area contributed by atoms with Crippen molar-refractivity contribution >= 4 is 16.9 Å². The first-order chi connectivity index (χ1) is 11.2. The molecular weight excluding hydrogens is 290 g/mol. The number of aromatic nitrogens is 2. The van der Waals surface area contributed by atoms with E-state index in [0.29, 0.717) is 12.2 Å². The summed E-state index contributed by atoms with van der Waals surface area (Å²) in [6.45, 7) is 5.25. The summed E-state index contributed by atoms with van der Waals surface area (Å²) in [4.78, 5) is 31.9. The molecule has 0 spiro atoms. The van der Waals surface area contributed by atoms with Crippen molar-refractivity contribution in [3.8, 4) is 0 Å². The number of hydrogen-bond donors (Lipinski definition) is 0. The molecule has 0 aliphatic carbocycles. The number of rotatable bonds is 3. The third kappa shape index (κ3) is 2.76. The van der Waals surface area contributed by atoms with Crippen LogP contribution in [-0.2, 0) is 6.54 Å². The topological polar surface area (TPSA) is 55.2 Å². The van der Waals surface area contributed by atoms with Crippen LogP contribution < -0.4 is 5.56 Å². The van der Waals surface area contributed by atoms with Gasteiger partial charge in [0, 0.05) is 30.7 Å². The van der Waals surface area contributed by atoms with Crippen molar-refractivity contribution in [2.45, 2.75) is 52.1 Å². The average Bonchev–Trinajstić information content (AvgIpc) is 2.60. The summed E-state index contributed by atoms with van der Waals surface area (Å²) in [6.07, 6.45) is 5.80.